The fourth-order valence-electron chi connectivity index (χ4n) is 2.88. The quantitative estimate of drug-likeness (QED) is 0.839. The van der Waals surface area contributed by atoms with E-state index in [9.17, 15) is 4.79 Å². The molecule has 1 aromatic heterocycles. The van der Waals surface area contributed by atoms with Gasteiger partial charge in [0.15, 0.2) is 5.82 Å². The third kappa shape index (κ3) is 3.75. The van der Waals surface area contributed by atoms with Crippen LogP contribution in [-0.2, 0) is 11.2 Å². The summed E-state index contributed by atoms with van der Waals surface area (Å²) < 4.78 is 5.35. The van der Waals surface area contributed by atoms with Gasteiger partial charge in [-0.25, -0.2) is 0 Å². The maximum atomic E-state index is 11.9. The minimum Gasteiger partial charge on any atom is -0.374 e. The molecule has 0 bridgehead atoms. The molecule has 1 unspecified atom stereocenters. The SMILES string of the molecule is CCCCc1noc(C(C)Nc2cccc(N3CCCC3=O)c2)n1. The number of nitrogens with zero attached hydrogens (tertiary/aromatic N) is 3. The van der Waals surface area contributed by atoms with Gasteiger partial charge in [-0.2, -0.15) is 4.98 Å². The zero-order valence-corrected chi connectivity index (χ0v) is 14.3. The monoisotopic (exact) mass is 328 g/mol. The van der Waals surface area contributed by atoms with Crippen LogP contribution in [0.1, 0.15) is 57.3 Å². The van der Waals surface area contributed by atoms with Gasteiger partial charge in [-0.05, 0) is 38.0 Å². The molecule has 1 N–H and O–H groups in total. The summed E-state index contributed by atoms with van der Waals surface area (Å²) in [6.07, 6.45) is 4.58. The van der Waals surface area contributed by atoms with Gasteiger partial charge in [-0.3, -0.25) is 4.79 Å². The largest absolute Gasteiger partial charge is 0.374 e. The molecule has 1 aliphatic heterocycles. The number of hydrogen-bond acceptors (Lipinski definition) is 5. The highest BCUT2D eigenvalue weighted by Crippen LogP contribution is 2.26. The van der Waals surface area contributed by atoms with Gasteiger partial charge in [0.05, 0.1) is 0 Å². The first-order chi connectivity index (χ1) is 11.7. The average Bonchev–Trinajstić information content (AvgIpc) is 3.22. The van der Waals surface area contributed by atoms with Crippen molar-refractivity contribution in [3.63, 3.8) is 0 Å². The lowest BCUT2D eigenvalue weighted by atomic mass is 10.2. The predicted molar refractivity (Wildman–Crippen MR) is 93.0 cm³/mol. The molecule has 3 rings (SSSR count). The molecule has 6 nitrogen and oxygen atoms in total. The zero-order chi connectivity index (χ0) is 16.9. The fraction of sp³-hybridized carbons (Fsp3) is 0.500. The highest BCUT2D eigenvalue weighted by atomic mass is 16.5. The molecule has 1 saturated heterocycles. The smallest absolute Gasteiger partial charge is 0.248 e. The molecule has 1 amide bonds. The van der Waals surface area contributed by atoms with Crippen molar-refractivity contribution < 1.29 is 9.32 Å². The van der Waals surface area contributed by atoms with Crippen LogP contribution in [0.2, 0.25) is 0 Å². The Balaban J connectivity index is 1.67. The molecule has 2 heterocycles. The van der Waals surface area contributed by atoms with Crippen LogP contribution in [0.5, 0.6) is 0 Å². The summed E-state index contributed by atoms with van der Waals surface area (Å²) in [7, 11) is 0. The molecular formula is C18H24N4O2. The Kier molecular flexibility index (Phi) is 5.13. The lowest BCUT2D eigenvalue weighted by Crippen LogP contribution is -2.23. The van der Waals surface area contributed by atoms with Gasteiger partial charge < -0.3 is 14.7 Å². The van der Waals surface area contributed by atoms with E-state index in [1.54, 1.807) is 0 Å². The first-order valence-electron chi connectivity index (χ1n) is 8.67. The summed E-state index contributed by atoms with van der Waals surface area (Å²) in [6.45, 7) is 4.93. The highest BCUT2D eigenvalue weighted by molar-refractivity contribution is 5.95. The van der Waals surface area contributed by atoms with E-state index in [1.165, 1.54) is 0 Å². The lowest BCUT2D eigenvalue weighted by molar-refractivity contribution is -0.117. The van der Waals surface area contributed by atoms with Crippen LogP contribution in [0.25, 0.3) is 0 Å². The van der Waals surface area contributed by atoms with Crippen molar-refractivity contribution in [1.82, 2.24) is 10.1 Å². The van der Waals surface area contributed by atoms with Crippen LogP contribution < -0.4 is 10.2 Å². The van der Waals surface area contributed by atoms with Gasteiger partial charge in [-0.1, -0.05) is 24.6 Å². The molecule has 0 radical (unpaired) electrons. The van der Waals surface area contributed by atoms with Gasteiger partial charge in [0.2, 0.25) is 11.8 Å². The Hall–Kier alpha value is -2.37. The second kappa shape index (κ2) is 7.47. The first kappa shape index (κ1) is 16.5. The van der Waals surface area contributed by atoms with Crippen LogP contribution in [0.4, 0.5) is 11.4 Å². The van der Waals surface area contributed by atoms with Gasteiger partial charge in [-0.15, -0.1) is 0 Å². The van der Waals surface area contributed by atoms with Crippen LogP contribution in [-0.4, -0.2) is 22.6 Å². The topological polar surface area (TPSA) is 71.3 Å². The maximum Gasteiger partial charge on any atom is 0.248 e. The summed E-state index contributed by atoms with van der Waals surface area (Å²) in [5.41, 5.74) is 1.87. The fourth-order valence-corrected chi connectivity index (χ4v) is 2.88. The van der Waals surface area contributed by atoms with E-state index in [0.29, 0.717) is 12.3 Å². The number of aromatic nitrogens is 2. The molecule has 6 heteroatoms. The van der Waals surface area contributed by atoms with Gasteiger partial charge in [0.25, 0.3) is 0 Å². The molecule has 1 atom stereocenters. The molecule has 0 aliphatic carbocycles. The maximum absolute atomic E-state index is 11.9. The van der Waals surface area contributed by atoms with E-state index in [0.717, 1.165) is 49.4 Å². The number of carbonyl (C=O) groups is 1. The summed E-state index contributed by atoms with van der Waals surface area (Å²) in [4.78, 5) is 18.2. The number of carbonyl (C=O) groups excluding carboxylic acids is 1. The van der Waals surface area contributed by atoms with Crippen molar-refractivity contribution in [2.45, 2.75) is 52.0 Å². The summed E-state index contributed by atoms with van der Waals surface area (Å²) in [5, 5.41) is 7.40. The number of rotatable bonds is 7. The van der Waals surface area contributed by atoms with E-state index in [4.69, 9.17) is 4.52 Å². The second-order valence-corrected chi connectivity index (χ2v) is 6.22. The number of amides is 1. The van der Waals surface area contributed by atoms with Crippen LogP contribution in [0.3, 0.4) is 0 Å². The van der Waals surface area contributed by atoms with Gasteiger partial charge in [0.1, 0.15) is 6.04 Å². The molecule has 24 heavy (non-hydrogen) atoms. The Morgan fingerprint density at radius 3 is 3.04 bits per heavy atom. The second-order valence-electron chi connectivity index (χ2n) is 6.22. The Labute approximate surface area is 142 Å². The van der Waals surface area contributed by atoms with Gasteiger partial charge >= 0.3 is 0 Å². The van der Waals surface area contributed by atoms with Crippen molar-refractivity contribution in [3.05, 3.63) is 36.0 Å². The van der Waals surface area contributed by atoms with Crippen molar-refractivity contribution in [3.8, 4) is 0 Å². The van der Waals surface area contributed by atoms with Gasteiger partial charge in [0, 0.05) is 30.8 Å². The molecular weight excluding hydrogens is 304 g/mol. The Morgan fingerprint density at radius 1 is 1.42 bits per heavy atom. The summed E-state index contributed by atoms with van der Waals surface area (Å²) in [5.74, 6) is 1.54. The number of hydrogen-bond donors (Lipinski definition) is 1. The summed E-state index contributed by atoms with van der Waals surface area (Å²) in [6, 6.07) is 7.81. The minimum absolute atomic E-state index is 0.0857. The van der Waals surface area contributed by atoms with Crippen LogP contribution in [0.15, 0.2) is 28.8 Å². The third-order valence-electron chi connectivity index (χ3n) is 4.22. The van der Waals surface area contributed by atoms with Crippen LogP contribution in [0, 0.1) is 0 Å². The number of aryl methyl sites for hydroxylation is 1. The standard InChI is InChI=1S/C18H24N4O2/c1-3-4-9-16-20-18(24-21-16)13(2)19-14-7-5-8-15(12-14)22-11-6-10-17(22)23/h5,7-8,12-13,19H,3-4,6,9-11H2,1-2H3. The van der Waals surface area contributed by atoms with Crippen LogP contribution >= 0.6 is 0 Å². The van der Waals surface area contributed by atoms with Crippen molar-refractivity contribution in [1.29, 1.82) is 0 Å². The molecule has 0 spiro atoms. The molecule has 0 saturated carbocycles. The first-order valence-corrected chi connectivity index (χ1v) is 8.67. The van der Waals surface area contributed by atoms with E-state index >= 15 is 0 Å². The molecule has 1 aliphatic rings. The van der Waals surface area contributed by atoms with E-state index in [-0.39, 0.29) is 11.9 Å². The van der Waals surface area contributed by atoms with E-state index < -0.39 is 0 Å². The van der Waals surface area contributed by atoms with E-state index in [1.807, 2.05) is 36.1 Å². The lowest BCUT2D eigenvalue weighted by Gasteiger charge is -2.18. The Morgan fingerprint density at radius 2 is 2.29 bits per heavy atom. The van der Waals surface area contributed by atoms with Crippen molar-refractivity contribution in [2.75, 3.05) is 16.8 Å². The number of benzene rings is 1. The molecule has 1 aromatic carbocycles. The zero-order valence-electron chi connectivity index (χ0n) is 14.3. The summed E-state index contributed by atoms with van der Waals surface area (Å²) >= 11 is 0. The normalized spacial score (nSPS) is 15.8. The Bertz CT molecular complexity index is 698. The molecule has 2 aromatic rings. The third-order valence-corrected chi connectivity index (χ3v) is 4.22. The number of unbranched alkanes of at least 4 members (excludes halogenated alkanes) is 1. The highest BCUT2D eigenvalue weighted by Gasteiger charge is 2.22. The van der Waals surface area contributed by atoms with Crippen molar-refractivity contribution in [2.24, 2.45) is 0 Å². The molecule has 1 fully saturated rings. The van der Waals surface area contributed by atoms with Crippen molar-refractivity contribution >= 4 is 17.3 Å². The predicted octanol–water partition coefficient (Wildman–Crippen LogP) is 3.71. The minimum atomic E-state index is -0.0857. The number of nitrogens with one attached hydrogen (secondary N) is 1. The molecule has 128 valence electrons. The van der Waals surface area contributed by atoms with E-state index in [2.05, 4.69) is 22.4 Å². The number of anilines is 2. The average molecular weight is 328 g/mol.